The van der Waals surface area contributed by atoms with E-state index in [1.54, 1.807) is 35.7 Å². The zero-order valence-electron chi connectivity index (χ0n) is 14.3. The number of ether oxygens (including phenoxy) is 2. The van der Waals surface area contributed by atoms with Gasteiger partial charge >= 0.3 is 11.8 Å². The number of carbonyl (C=O) groups is 2. The van der Waals surface area contributed by atoms with Crippen LogP contribution in [-0.2, 0) is 11.3 Å². The summed E-state index contributed by atoms with van der Waals surface area (Å²) in [6.45, 7) is 0.468. The summed E-state index contributed by atoms with van der Waals surface area (Å²) in [5.74, 6) is -0.167. The Kier molecular flexibility index (Phi) is 4.81. The molecule has 10 nitrogen and oxygen atoms in total. The van der Waals surface area contributed by atoms with E-state index in [-0.39, 0.29) is 5.82 Å². The third kappa shape index (κ3) is 3.74. The number of hydrogen-bond donors (Lipinski definition) is 2. The minimum atomic E-state index is -0.786. The molecule has 0 atom stereocenters. The number of rotatable bonds is 4. The van der Waals surface area contributed by atoms with Crippen LogP contribution in [0.25, 0.3) is 10.7 Å². The quantitative estimate of drug-likeness (QED) is 0.680. The maximum absolute atomic E-state index is 12.2. The van der Waals surface area contributed by atoms with Gasteiger partial charge in [0.05, 0.1) is 4.88 Å². The summed E-state index contributed by atoms with van der Waals surface area (Å²) in [6, 6.07) is 7.66. The molecule has 0 bridgehead atoms. The molecule has 0 fully saturated rings. The number of thiophene rings is 1. The van der Waals surface area contributed by atoms with Gasteiger partial charge in [0.15, 0.2) is 17.3 Å². The van der Waals surface area contributed by atoms with Crippen LogP contribution in [0.5, 0.6) is 11.5 Å². The van der Waals surface area contributed by atoms with Crippen LogP contribution >= 0.6 is 11.3 Å². The lowest BCUT2D eigenvalue weighted by atomic mass is 10.2. The third-order valence-electron chi connectivity index (χ3n) is 3.78. The number of urea groups is 1. The summed E-state index contributed by atoms with van der Waals surface area (Å²) in [7, 11) is 0. The molecular formula is C17H14N4O6S. The fraction of sp³-hybridized carbons (Fsp3) is 0.176. The number of fused-ring (bicyclic) bond motifs is 1. The SMILES string of the molecule is O=C(Cn1c(-c2cccs2)noc1=O)NC(=O)Nc1ccc2c(c1)OCCO2. The minimum absolute atomic E-state index is 0.224. The molecule has 0 spiro atoms. The van der Waals surface area contributed by atoms with Crippen molar-refractivity contribution >= 4 is 29.0 Å². The van der Waals surface area contributed by atoms with Gasteiger partial charge in [-0.25, -0.2) is 14.2 Å². The molecule has 0 saturated carbocycles. The van der Waals surface area contributed by atoms with Crippen molar-refractivity contribution < 1.29 is 23.6 Å². The Balaban J connectivity index is 1.40. The number of nitrogens with zero attached hydrogens (tertiary/aromatic N) is 2. The second kappa shape index (κ2) is 7.56. The highest BCUT2D eigenvalue weighted by atomic mass is 32.1. The van der Waals surface area contributed by atoms with Crippen LogP contribution in [0.3, 0.4) is 0 Å². The van der Waals surface area contributed by atoms with Gasteiger partial charge in [-0.2, -0.15) is 0 Å². The summed E-state index contributed by atoms with van der Waals surface area (Å²) in [5, 5.41) is 10.2. The molecule has 1 aliphatic rings. The third-order valence-corrected chi connectivity index (χ3v) is 4.65. The normalized spacial score (nSPS) is 12.4. The zero-order valence-corrected chi connectivity index (χ0v) is 15.2. The molecule has 2 aromatic heterocycles. The van der Waals surface area contributed by atoms with Gasteiger partial charge in [-0.1, -0.05) is 11.2 Å². The van der Waals surface area contributed by atoms with Crippen molar-refractivity contribution in [1.29, 1.82) is 0 Å². The van der Waals surface area contributed by atoms with Gasteiger partial charge in [-0.3, -0.25) is 14.6 Å². The predicted molar refractivity (Wildman–Crippen MR) is 98.7 cm³/mol. The molecule has 2 N–H and O–H groups in total. The summed E-state index contributed by atoms with van der Waals surface area (Å²) < 4.78 is 16.5. The van der Waals surface area contributed by atoms with Crippen molar-refractivity contribution in [2.45, 2.75) is 6.54 Å². The molecule has 0 unspecified atom stereocenters. The van der Waals surface area contributed by atoms with Crippen LogP contribution in [0, 0.1) is 0 Å². The number of benzene rings is 1. The van der Waals surface area contributed by atoms with Crippen LogP contribution in [0.2, 0.25) is 0 Å². The molecule has 3 aromatic rings. The molecule has 3 amide bonds. The molecule has 0 aliphatic carbocycles. The standard InChI is InChI=1S/C17H14N4O6S/c22-14(9-21-15(20-27-17(21)24)13-2-1-7-28-13)19-16(23)18-10-3-4-11-12(8-10)26-6-5-25-11/h1-4,7-8H,5-6,9H2,(H2,18,19,22,23). The fourth-order valence-corrected chi connectivity index (χ4v) is 3.30. The van der Waals surface area contributed by atoms with Gasteiger partial charge in [-0.05, 0) is 23.6 Å². The number of hydrogen-bond acceptors (Lipinski definition) is 8. The highest BCUT2D eigenvalue weighted by Gasteiger charge is 2.18. The fourth-order valence-electron chi connectivity index (χ4n) is 2.58. The topological polar surface area (TPSA) is 125 Å². The van der Waals surface area contributed by atoms with Crippen LogP contribution in [0.15, 0.2) is 45.0 Å². The summed E-state index contributed by atoms with van der Waals surface area (Å²) >= 11 is 1.34. The van der Waals surface area contributed by atoms with Gasteiger partial charge in [0.1, 0.15) is 19.8 Å². The first kappa shape index (κ1) is 17.8. The van der Waals surface area contributed by atoms with Crippen molar-refractivity contribution in [3.05, 3.63) is 46.3 Å². The number of imide groups is 1. The second-order valence-corrected chi connectivity index (χ2v) is 6.64. The number of amides is 3. The largest absolute Gasteiger partial charge is 0.486 e. The average molecular weight is 402 g/mol. The van der Waals surface area contributed by atoms with E-state index in [4.69, 9.17) is 9.47 Å². The van der Waals surface area contributed by atoms with Gasteiger partial charge in [0.25, 0.3) is 0 Å². The lowest BCUT2D eigenvalue weighted by molar-refractivity contribution is -0.120. The van der Waals surface area contributed by atoms with E-state index in [1.807, 2.05) is 0 Å². The smallest absolute Gasteiger partial charge is 0.442 e. The van der Waals surface area contributed by atoms with E-state index in [9.17, 15) is 14.4 Å². The van der Waals surface area contributed by atoms with Crippen LogP contribution in [0.1, 0.15) is 0 Å². The Morgan fingerprint density at radius 1 is 1.18 bits per heavy atom. The van der Waals surface area contributed by atoms with Gasteiger partial charge in [0.2, 0.25) is 5.91 Å². The average Bonchev–Trinajstić information content (AvgIpc) is 3.32. The molecular weight excluding hydrogens is 388 g/mol. The van der Waals surface area contributed by atoms with Crippen molar-refractivity contribution in [1.82, 2.24) is 15.0 Å². The molecule has 1 aromatic carbocycles. The van der Waals surface area contributed by atoms with Crippen molar-refractivity contribution in [3.8, 4) is 22.2 Å². The maximum atomic E-state index is 12.2. The van der Waals surface area contributed by atoms with E-state index in [0.717, 1.165) is 4.57 Å². The van der Waals surface area contributed by atoms with E-state index >= 15 is 0 Å². The molecule has 4 rings (SSSR count). The molecule has 28 heavy (non-hydrogen) atoms. The monoisotopic (exact) mass is 402 g/mol. The van der Waals surface area contributed by atoms with E-state index in [2.05, 4.69) is 20.3 Å². The van der Waals surface area contributed by atoms with Crippen molar-refractivity contribution in [2.75, 3.05) is 18.5 Å². The van der Waals surface area contributed by atoms with Crippen LogP contribution in [0.4, 0.5) is 10.5 Å². The number of carbonyl (C=O) groups excluding carboxylic acids is 2. The summed E-state index contributed by atoms with van der Waals surface area (Å²) in [6.07, 6.45) is 0. The van der Waals surface area contributed by atoms with E-state index in [0.29, 0.717) is 35.3 Å². The minimum Gasteiger partial charge on any atom is -0.486 e. The molecule has 0 saturated heterocycles. The van der Waals surface area contributed by atoms with Gasteiger partial charge in [0, 0.05) is 11.8 Å². The summed E-state index contributed by atoms with van der Waals surface area (Å²) in [4.78, 5) is 36.7. The zero-order chi connectivity index (χ0) is 19.5. The van der Waals surface area contributed by atoms with Crippen molar-refractivity contribution in [3.63, 3.8) is 0 Å². The summed E-state index contributed by atoms with van der Waals surface area (Å²) in [5.41, 5.74) is 0.427. The first-order chi connectivity index (χ1) is 13.6. The molecule has 3 heterocycles. The Hall–Kier alpha value is -3.60. The number of anilines is 1. The lowest BCUT2D eigenvalue weighted by Gasteiger charge is -2.19. The molecule has 11 heteroatoms. The first-order valence-electron chi connectivity index (χ1n) is 8.21. The predicted octanol–water partition coefficient (Wildman–Crippen LogP) is 1.68. The van der Waals surface area contributed by atoms with Crippen LogP contribution < -0.4 is 25.9 Å². The van der Waals surface area contributed by atoms with Crippen LogP contribution in [-0.4, -0.2) is 34.9 Å². The number of aromatic nitrogens is 2. The Morgan fingerprint density at radius 3 is 2.79 bits per heavy atom. The number of nitrogens with one attached hydrogen (secondary N) is 2. The Bertz CT molecular complexity index is 1070. The van der Waals surface area contributed by atoms with E-state index in [1.165, 1.54) is 11.3 Å². The van der Waals surface area contributed by atoms with E-state index < -0.39 is 24.2 Å². The Labute approximate surface area is 161 Å². The Morgan fingerprint density at radius 2 is 2.00 bits per heavy atom. The molecule has 144 valence electrons. The second-order valence-electron chi connectivity index (χ2n) is 5.70. The molecule has 0 radical (unpaired) electrons. The maximum Gasteiger partial charge on any atom is 0.442 e. The van der Waals surface area contributed by atoms with Gasteiger partial charge < -0.3 is 14.8 Å². The highest BCUT2D eigenvalue weighted by Crippen LogP contribution is 2.32. The highest BCUT2D eigenvalue weighted by molar-refractivity contribution is 7.13. The van der Waals surface area contributed by atoms with Gasteiger partial charge in [-0.15, -0.1) is 11.3 Å². The first-order valence-corrected chi connectivity index (χ1v) is 9.09. The molecule has 1 aliphatic heterocycles. The van der Waals surface area contributed by atoms with Crippen molar-refractivity contribution in [2.24, 2.45) is 0 Å². The lowest BCUT2D eigenvalue weighted by Crippen LogP contribution is -2.38.